The van der Waals surface area contributed by atoms with E-state index in [-0.39, 0.29) is 29.2 Å². The first-order valence-electron chi connectivity index (χ1n) is 7.35. The second kappa shape index (κ2) is 5.49. The summed E-state index contributed by atoms with van der Waals surface area (Å²) < 4.78 is 16.1. The average molecular weight is 343 g/mol. The fraction of sp³-hybridized carbons (Fsp3) is 0.118. The third kappa shape index (κ3) is 2.23. The summed E-state index contributed by atoms with van der Waals surface area (Å²) in [5.74, 6) is -0.0729. The number of hydrogen-bond donors (Lipinski definition) is 3. The second-order valence-corrected chi connectivity index (χ2v) is 5.53. The number of methoxy groups -OCH3 is 1. The van der Waals surface area contributed by atoms with Crippen LogP contribution >= 0.6 is 0 Å². The molecule has 1 atom stereocenters. The molecule has 0 amide bonds. The van der Waals surface area contributed by atoms with E-state index in [1.165, 1.54) is 19.2 Å². The second-order valence-electron chi connectivity index (χ2n) is 5.53. The maximum absolute atomic E-state index is 11.8. The van der Waals surface area contributed by atoms with Crippen molar-refractivity contribution in [1.29, 1.82) is 0 Å². The van der Waals surface area contributed by atoms with Crippen molar-refractivity contribution in [3.05, 3.63) is 41.1 Å². The monoisotopic (exact) mass is 343 g/mol. The molecule has 128 valence electrons. The van der Waals surface area contributed by atoms with Crippen molar-refractivity contribution in [2.75, 3.05) is 13.9 Å². The minimum atomic E-state index is -1.24. The van der Waals surface area contributed by atoms with Crippen molar-refractivity contribution in [3.63, 3.8) is 0 Å². The summed E-state index contributed by atoms with van der Waals surface area (Å²) in [6.45, 7) is -0.0593. The number of quaternary nitrogens is 1. The van der Waals surface area contributed by atoms with Crippen LogP contribution in [0.1, 0.15) is 10.4 Å². The smallest absolute Gasteiger partial charge is 0.336 e. The zero-order valence-electron chi connectivity index (χ0n) is 13.0. The minimum Gasteiger partial charge on any atom is -0.595 e. The number of ether oxygens (including phenoxy) is 3. The SMILES string of the molecule is COc1ccc2cc([NH+]([O-])O)c3c(C(=O)O)cc4c(c3c2c1)OCO4. The van der Waals surface area contributed by atoms with E-state index in [9.17, 15) is 20.3 Å². The fourth-order valence-corrected chi connectivity index (χ4v) is 3.15. The van der Waals surface area contributed by atoms with Crippen molar-refractivity contribution < 1.29 is 34.5 Å². The van der Waals surface area contributed by atoms with Gasteiger partial charge < -0.3 is 24.5 Å². The Morgan fingerprint density at radius 1 is 1.24 bits per heavy atom. The molecule has 3 N–H and O–H groups in total. The number of carboxylic acids is 1. The van der Waals surface area contributed by atoms with Gasteiger partial charge in [-0.05, 0) is 29.0 Å². The Morgan fingerprint density at radius 3 is 2.72 bits per heavy atom. The summed E-state index contributed by atoms with van der Waals surface area (Å²) >= 11 is 0. The van der Waals surface area contributed by atoms with Crippen LogP contribution in [0.15, 0.2) is 30.3 Å². The first-order chi connectivity index (χ1) is 12.0. The van der Waals surface area contributed by atoms with Gasteiger partial charge in [-0.1, -0.05) is 6.07 Å². The van der Waals surface area contributed by atoms with Gasteiger partial charge in [0.05, 0.1) is 18.1 Å². The molecule has 0 spiro atoms. The lowest BCUT2D eigenvalue weighted by atomic mass is 9.95. The van der Waals surface area contributed by atoms with Gasteiger partial charge in [0, 0.05) is 11.5 Å². The van der Waals surface area contributed by atoms with Crippen LogP contribution in [0.25, 0.3) is 21.5 Å². The summed E-state index contributed by atoms with van der Waals surface area (Å²) in [5, 5.41) is 31.5. The summed E-state index contributed by atoms with van der Waals surface area (Å²) in [4.78, 5) is 11.7. The van der Waals surface area contributed by atoms with Crippen LogP contribution in [0, 0.1) is 5.21 Å². The summed E-state index contributed by atoms with van der Waals surface area (Å²) in [7, 11) is 1.52. The molecule has 25 heavy (non-hydrogen) atoms. The average Bonchev–Trinajstić information content (AvgIpc) is 3.07. The molecular weight excluding hydrogens is 330 g/mol. The summed E-state index contributed by atoms with van der Waals surface area (Å²) in [6.07, 6.45) is 0. The van der Waals surface area contributed by atoms with Gasteiger partial charge in [0.2, 0.25) is 6.79 Å². The van der Waals surface area contributed by atoms with Gasteiger partial charge in [-0.25, -0.2) is 10.0 Å². The van der Waals surface area contributed by atoms with Gasteiger partial charge in [-0.15, -0.1) is 0 Å². The maximum atomic E-state index is 11.8. The van der Waals surface area contributed by atoms with E-state index in [4.69, 9.17) is 14.2 Å². The van der Waals surface area contributed by atoms with Crippen LogP contribution in [-0.2, 0) is 0 Å². The van der Waals surface area contributed by atoms with E-state index in [2.05, 4.69) is 0 Å². The molecule has 3 aromatic carbocycles. The molecule has 1 heterocycles. The van der Waals surface area contributed by atoms with Crippen LogP contribution in [-0.4, -0.2) is 30.2 Å². The highest BCUT2D eigenvalue weighted by atomic mass is 16.8. The molecule has 8 nitrogen and oxygen atoms in total. The van der Waals surface area contributed by atoms with Gasteiger partial charge in [-0.3, -0.25) is 0 Å². The Hall–Kier alpha value is -3.07. The first kappa shape index (κ1) is 15.5. The molecule has 0 fully saturated rings. The predicted molar refractivity (Wildman–Crippen MR) is 86.9 cm³/mol. The Morgan fingerprint density at radius 2 is 2.04 bits per heavy atom. The van der Waals surface area contributed by atoms with Crippen molar-refractivity contribution in [2.24, 2.45) is 0 Å². The van der Waals surface area contributed by atoms with Crippen molar-refractivity contribution >= 4 is 33.2 Å². The molecule has 8 heteroatoms. The molecule has 1 aliphatic rings. The lowest BCUT2D eigenvalue weighted by Crippen LogP contribution is -2.99. The van der Waals surface area contributed by atoms with Crippen molar-refractivity contribution in [2.45, 2.75) is 0 Å². The molecule has 4 rings (SSSR count). The quantitative estimate of drug-likeness (QED) is 0.491. The highest BCUT2D eigenvalue weighted by Gasteiger charge is 2.28. The number of carbonyl (C=O) groups is 1. The molecule has 0 saturated carbocycles. The minimum absolute atomic E-state index is 0.0593. The Bertz CT molecular complexity index is 1030. The number of rotatable bonds is 3. The Balaban J connectivity index is 2.28. The van der Waals surface area contributed by atoms with Crippen LogP contribution in [0.2, 0.25) is 0 Å². The zero-order chi connectivity index (χ0) is 17.7. The van der Waals surface area contributed by atoms with Gasteiger partial charge in [0.1, 0.15) is 5.75 Å². The van der Waals surface area contributed by atoms with Gasteiger partial charge >= 0.3 is 5.97 Å². The van der Waals surface area contributed by atoms with Crippen LogP contribution in [0.3, 0.4) is 0 Å². The number of fused-ring (bicyclic) bond motifs is 5. The number of aromatic carboxylic acids is 1. The zero-order valence-corrected chi connectivity index (χ0v) is 13.0. The highest BCUT2D eigenvalue weighted by Crippen LogP contribution is 2.46. The van der Waals surface area contributed by atoms with E-state index in [1.807, 2.05) is 0 Å². The van der Waals surface area contributed by atoms with E-state index in [0.717, 1.165) is 0 Å². The van der Waals surface area contributed by atoms with E-state index < -0.39 is 11.2 Å². The molecule has 3 aromatic rings. The van der Waals surface area contributed by atoms with Crippen molar-refractivity contribution in [3.8, 4) is 17.2 Å². The number of hydrogen-bond acceptors (Lipinski definition) is 6. The van der Waals surface area contributed by atoms with Gasteiger partial charge in [0.25, 0.3) is 0 Å². The predicted octanol–water partition coefficient (Wildman–Crippen LogP) is 1.83. The molecule has 0 aromatic heterocycles. The van der Waals surface area contributed by atoms with Crippen LogP contribution < -0.4 is 19.4 Å². The summed E-state index contributed by atoms with van der Waals surface area (Å²) in [6, 6.07) is 7.89. The Labute approximate surface area is 140 Å². The Kier molecular flexibility index (Phi) is 3.39. The number of nitrogens with one attached hydrogen (secondary N) is 1. The lowest BCUT2D eigenvalue weighted by molar-refractivity contribution is -0.990. The molecule has 1 unspecified atom stereocenters. The normalized spacial score (nSPS) is 14.0. The molecule has 0 radical (unpaired) electrons. The number of carboxylic acid groups (broad SMARTS) is 1. The van der Waals surface area contributed by atoms with Crippen LogP contribution in [0.5, 0.6) is 17.2 Å². The van der Waals surface area contributed by atoms with Gasteiger partial charge in [0.15, 0.2) is 17.2 Å². The molecule has 0 bridgehead atoms. The van der Waals surface area contributed by atoms with E-state index >= 15 is 0 Å². The highest BCUT2D eigenvalue weighted by molar-refractivity contribution is 6.21. The first-order valence-corrected chi connectivity index (χ1v) is 7.35. The summed E-state index contributed by atoms with van der Waals surface area (Å²) in [5.41, 5.74) is -0.260. The largest absolute Gasteiger partial charge is 0.595 e. The lowest BCUT2D eigenvalue weighted by Gasteiger charge is -2.18. The third-order valence-electron chi connectivity index (χ3n) is 4.22. The van der Waals surface area contributed by atoms with Crippen molar-refractivity contribution in [1.82, 2.24) is 0 Å². The van der Waals surface area contributed by atoms with Crippen LogP contribution in [0.4, 0.5) is 5.69 Å². The van der Waals surface area contributed by atoms with E-state index in [0.29, 0.717) is 27.7 Å². The molecule has 1 aliphatic heterocycles. The molecular formula is C17H13NO7. The van der Waals surface area contributed by atoms with Gasteiger partial charge in [-0.2, -0.15) is 5.23 Å². The maximum Gasteiger partial charge on any atom is 0.336 e. The standard InChI is InChI=1S/C17H13NO7/c1-23-9-3-2-8-4-12(18(21)22)14-11(17(19)20)6-13-16(25-7-24-13)15(14)10(8)5-9/h2-6,18,21H,7H2,1H3,(H,19,20). The fourth-order valence-electron chi connectivity index (χ4n) is 3.15. The third-order valence-corrected chi connectivity index (χ3v) is 4.22. The number of benzene rings is 3. The van der Waals surface area contributed by atoms with E-state index in [1.54, 1.807) is 18.2 Å². The topological polar surface area (TPSA) is 113 Å². The molecule has 0 aliphatic carbocycles. The molecule has 0 saturated heterocycles.